The molecule has 41 heavy (non-hydrogen) atoms. The zero-order valence-corrected chi connectivity index (χ0v) is 23.7. The third-order valence-electron chi connectivity index (χ3n) is 5.81. The summed E-state index contributed by atoms with van der Waals surface area (Å²) in [5.41, 5.74) is 3.03. The van der Waals surface area contributed by atoms with Crippen molar-refractivity contribution < 1.29 is 27.9 Å². The van der Waals surface area contributed by atoms with E-state index < -0.39 is 27.6 Å². The average molecular weight is 574 g/mol. The van der Waals surface area contributed by atoms with E-state index in [0.29, 0.717) is 16.9 Å². The van der Waals surface area contributed by atoms with Crippen molar-refractivity contribution in [3.8, 4) is 11.1 Å². The van der Waals surface area contributed by atoms with E-state index in [4.69, 9.17) is 4.74 Å². The summed E-state index contributed by atoms with van der Waals surface area (Å²) < 4.78 is 32.7. The van der Waals surface area contributed by atoms with Gasteiger partial charge in [0.1, 0.15) is 5.60 Å². The van der Waals surface area contributed by atoms with Crippen LogP contribution >= 0.6 is 0 Å². The molecule has 0 fully saturated rings. The van der Waals surface area contributed by atoms with Gasteiger partial charge in [-0.15, -0.1) is 0 Å². The monoisotopic (exact) mass is 573 g/mol. The highest BCUT2D eigenvalue weighted by atomic mass is 32.2. The molecule has 0 aliphatic rings. The largest absolute Gasteiger partial charge is 0.444 e. The maximum Gasteiger partial charge on any atom is 0.412 e. The second-order valence-electron chi connectivity index (χ2n) is 10.2. The van der Waals surface area contributed by atoms with Gasteiger partial charge in [0.25, 0.3) is 10.0 Å². The van der Waals surface area contributed by atoms with Crippen LogP contribution in [0.15, 0.2) is 102 Å². The molecule has 0 aliphatic heterocycles. The summed E-state index contributed by atoms with van der Waals surface area (Å²) >= 11 is 0. The number of ether oxygens (including phenoxy) is 1. The van der Waals surface area contributed by atoms with E-state index in [-0.39, 0.29) is 11.5 Å². The number of rotatable bonds is 8. The molecule has 3 N–H and O–H groups in total. The zero-order valence-electron chi connectivity index (χ0n) is 22.9. The quantitative estimate of drug-likeness (QED) is 0.226. The second kappa shape index (κ2) is 12.2. The molecule has 1 heterocycles. The fourth-order valence-electron chi connectivity index (χ4n) is 3.89. The van der Waals surface area contributed by atoms with Crippen LogP contribution in [0.5, 0.6) is 0 Å². The Balaban J connectivity index is 1.43. The molecule has 4 rings (SSSR count). The Kier molecular flexibility index (Phi) is 8.75. The molecule has 212 valence electrons. The lowest BCUT2D eigenvalue weighted by molar-refractivity contribution is -0.111. The van der Waals surface area contributed by atoms with E-state index in [1.807, 2.05) is 24.3 Å². The van der Waals surface area contributed by atoms with Gasteiger partial charge < -0.3 is 15.2 Å². The van der Waals surface area contributed by atoms with Crippen molar-refractivity contribution in [3.63, 3.8) is 0 Å². The summed E-state index contributed by atoms with van der Waals surface area (Å²) in [7, 11) is -3.86. The minimum Gasteiger partial charge on any atom is -0.444 e. The molecular formula is C31H31N3O6S. The van der Waals surface area contributed by atoms with Crippen molar-refractivity contribution in [2.45, 2.75) is 37.9 Å². The van der Waals surface area contributed by atoms with Crippen LogP contribution in [0.2, 0.25) is 0 Å². The summed E-state index contributed by atoms with van der Waals surface area (Å²) in [6, 6.07) is 22.1. The minimum atomic E-state index is -3.86. The molecule has 1 aromatic heterocycles. The van der Waals surface area contributed by atoms with Crippen LogP contribution in [0.4, 0.5) is 16.2 Å². The Morgan fingerprint density at radius 3 is 2.24 bits per heavy atom. The van der Waals surface area contributed by atoms with Gasteiger partial charge in [-0.1, -0.05) is 42.5 Å². The van der Waals surface area contributed by atoms with Crippen LogP contribution in [0.3, 0.4) is 0 Å². The Hall–Kier alpha value is -4.67. The molecule has 0 aliphatic carbocycles. The van der Waals surface area contributed by atoms with E-state index in [9.17, 15) is 23.1 Å². The third kappa shape index (κ3) is 7.71. The molecule has 9 nitrogen and oxygen atoms in total. The topological polar surface area (TPSA) is 127 Å². The van der Waals surface area contributed by atoms with E-state index >= 15 is 0 Å². The van der Waals surface area contributed by atoms with Gasteiger partial charge in [0.05, 0.1) is 22.9 Å². The number of aliphatic hydroxyl groups excluding tert-OH is 1. The summed E-state index contributed by atoms with van der Waals surface area (Å²) in [5.74, 6) is -0.472. The van der Waals surface area contributed by atoms with Gasteiger partial charge in [0.2, 0.25) is 5.91 Å². The number of aliphatic hydroxyl groups is 1. The summed E-state index contributed by atoms with van der Waals surface area (Å²) in [4.78, 5) is 24.8. The summed E-state index contributed by atoms with van der Waals surface area (Å²) in [5, 5.41) is 14.7. The van der Waals surface area contributed by atoms with Crippen LogP contribution < -0.4 is 10.6 Å². The van der Waals surface area contributed by atoms with Gasteiger partial charge in [0.15, 0.2) is 0 Å². The number of carbonyl (C=O) groups is 2. The third-order valence-corrected chi connectivity index (χ3v) is 7.46. The Labute approximate surface area is 239 Å². The smallest absolute Gasteiger partial charge is 0.412 e. The van der Waals surface area contributed by atoms with Crippen molar-refractivity contribution in [2.75, 3.05) is 10.6 Å². The lowest BCUT2D eigenvalue weighted by atomic mass is 10.0. The van der Waals surface area contributed by atoms with Gasteiger partial charge >= 0.3 is 6.09 Å². The van der Waals surface area contributed by atoms with Crippen molar-refractivity contribution in [3.05, 3.63) is 108 Å². The number of nitrogens with one attached hydrogen (secondary N) is 2. The number of anilines is 2. The molecule has 0 saturated carbocycles. The highest BCUT2D eigenvalue weighted by Crippen LogP contribution is 2.25. The minimum absolute atomic E-state index is 0.0784. The van der Waals surface area contributed by atoms with E-state index in [2.05, 4.69) is 10.6 Å². The highest BCUT2D eigenvalue weighted by molar-refractivity contribution is 7.90. The van der Waals surface area contributed by atoms with Crippen LogP contribution in [-0.2, 0) is 26.2 Å². The van der Waals surface area contributed by atoms with Crippen molar-refractivity contribution >= 4 is 39.5 Å². The normalized spacial score (nSPS) is 11.8. The fourth-order valence-corrected chi connectivity index (χ4v) is 5.10. The molecule has 2 amide bonds. The average Bonchev–Trinajstić information content (AvgIpc) is 3.42. The lowest BCUT2D eigenvalue weighted by Crippen LogP contribution is -2.27. The SMILES string of the molecule is CC(C)(C)OC(=O)Nc1ccccc1NC(=O)/C=C/c1ccn(S(=O)(=O)c2ccc(-c3cccc(CO)c3)cc2)c1. The maximum atomic E-state index is 13.2. The number of amides is 2. The Morgan fingerprint density at radius 2 is 1.59 bits per heavy atom. The van der Waals surface area contributed by atoms with Gasteiger partial charge in [0, 0.05) is 18.5 Å². The maximum absolute atomic E-state index is 13.2. The van der Waals surface area contributed by atoms with Gasteiger partial charge in [-0.05, 0) is 85.5 Å². The van der Waals surface area contributed by atoms with Gasteiger partial charge in [-0.3, -0.25) is 10.1 Å². The van der Waals surface area contributed by atoms with Gasteiger partial charge in [-0.25, -0.2) is 17.2 Å². The Morgan fingerprint density at radius 1 is 0.902 bits per heavy atom. The molecule has 0 spiro atoms. The predicted octanol–water partition coefficient (Wildman–Crippen LogP) is 5.88. The first kappa shape index (κ1) is 29.3. The molecule has 3 aromatic carbocycles. The molecule has 0 bridgehead atoms. The molecule has 0 saturated heterocycles. The number of aromatic nitrogens is 1. The molecule has 0 atom stereocenters. The molecular weight excluding hydrogens is 542 g/mol. The number of nitrogens with zero attached hydrogens (tertiary/aromatic N) is 1. The van der Waals surface area contributed by atoms with Crippen molar-refractivity contribution in [1.82, 2.24) is 3.97 Å². The van der Waals surface area contributed by atoms with E-state index in [1.165, 1.54) is 36.7 Å². The fraction of sp³-hybridized carbons (Fsp3) is 0.161. The zero-order chi connectivity index (χ0) is 29.6. The molecule has 0 radical (unpaired) electrons. The van der Waals surface area contributed by atoms with E-state index in [1.54, 1.807) is 63.2 Å². The summed E-state index contributed by atoms with van der Waals surface area (Å²) in [6.45, 7) is 5.17. The number of benzene rings is 3. The summed E-state index contributed by atoms with van der Waals surface area (Å²) in [6.07, 6.45) is 4.93. The van der Waals surface area contributed by atoms with Crippen LogP contribution in [0.25, 0.3) is 17.2 Å². The highest BCUT2D eigenvalue weighted by Gasteiger charge is 2.18. The lowest BCUT2D eigenvalue weighted by Gasteiger charge is -2.20. The number of carbonyl (C=O) groups excluding carboxylic acids is 2. The van der Waals surface area contributed by atoms with Crippen LogP contribution in [0, 0.1) is 0 Å². The molecule has 4 aromatic rings. The second-order valence-corrected chi connectivity index (χ2v) is 12.0. The van der Waals surface area contributed by atoms with Crippen LogP contribution in [0.1, 0.15) is 31.9 Å². The Bertz CT molecular complexity index is 1680. The first-order valence-electron chi connectivity index (χ1n) is 12.8. The van der Waals surface area contributed by atoms with Crippen molar-refractivity contribution in [1.29, 1.82) is 0 Å². The standard InChI is InChI=1S/C31H31N3O6S/c1-31(2,3)40-30(37)33-28-10-5-4-9-27(28)32-29(36)16-11-22-17-18-34(20-22)41(38,39)26-14-12-24(13-15-26)25-8-6-7-23(19-25)21-35/h4-20,35H,21H2,1-3H3,(H,32,36)(H,33,37)/b16-11+. The van der Waals surface area contributed by atoms with E-state index in [0.717, 1.165) is 20.7 Å². The number of hydrogen-bond acceptors (Lipinski definition) is 6. The van der Waals surface area contributed by atoms with Crippen molar-refractivity contribution in [2.24, 2.45) is 0 Å². The molecule has 10 heteroatoms. The predicted molar refractivity (Wildman–Crippen MR) is 159 cm³/mol. The van der Waals surface area contributed by atoms with Crippen LogP contribution in [-0.4, -0.2) is 35.1 Å². The number of hydrogen-bond donors (Lipinski definition) is 3. The van der Waals surface area contributed by atoms with Gasteiger partial charge in [-0.2, -0.15) is 0 Å². The molecule has 0 unspecified atom stereocenters. The number of para-hydroxylation sites is 2. The first-order chi connectivity index (χ1) is 19.4. The first-order valence-corrected chi connectivity index (χ1v) is 14.2.